The fraction of sp³-hybridized carbons (Fsp3) is 0.923. The van der Waals surface area contributed by atoms with Gasteiger partial charge in [0.2, 0.25) is 0 Å². The number of likely N-dealkylation sites (tertiary alicyclic amines) is 1. The molecular formula is C13H26N2O3. The molecule has 1 heterocycles. The molecule has 1 N–H and O–H groups in total. The Morgan fingerprint density at radius 2 is 2.17 bits per heavy atom. The van der Waals surface area contributed by atoms with Gasteiger partial charge in [-0.3, -0.25) is 4.90 Å². The van der Waals surface area contributed by atoms with Crippen molar-refractivity contribution < 1.29 is 14.6 Å². The molecule has 0 aliphatic carbocycles. The van der Waals surface area contributed by atoms with E-state index in [0.717, 1.165) is 19.4 Å². The van der Waals surface area contributed by atoms with Crippen molar-refractivity contribution in [3.05, 3.63) is 0 Å². The summed E-state index contributed by atoms with van der Waals surface area (Å²) < 4.78 is 5.38. The molecule has 0 aromatic heterocycles. The summed E-state index contributed by atoms with van der Waals surface area (Å²) in [5.41, 5.74) is -0.443. The van der Waals surface area contributed by atoms with Crippen molar-refractivity contribution >= 4 is 6.09 Å². The van der Waals surface area contributed by atoms with Gasteiger partial charge in [0.25, 0.3) is 0 Å². The van der Waals surface area contributed by atoms with Crippen molar-refractivity contribution in [2.45, 2.75) is 45.3 Å². The van der Waals surface area contributed by atoms with Crippen LogP contribution in [0.3, 0.4) is 0 Å². The molecule has 5 heteroatoms. The molecule has 1 saturated heterocycles. The third-order valence-corrected chi connectivity index (χ3v) is 3.12. The number of carbonyl (C=O) groups is 1. The first kappa shape index (κ1) is 15.2. The van der Waals surface area contributed by atoms with Crippen LogP contribution in [0.2, 0.25) is 0 Å². The number of piperidine rings is 1. The van der Waals surface area contributed by atoms with E-state index in [1.54, 1.807) is 4.90 Å². The summed E-state index contributed by atoms with van der Waals surface area (Å²) in [6.07, 6.45) is 1.82. The number of nitrogens with zero attached hydrogens (tertiary/aromatic N) is 2. The number of hydrogen-bond acceptors (Lipinski definition) is 4. The Morgan fingerprint density at radius 1 is 1.50 bits per heavy atom. The molecule has 1 fully saturated rings. The lowest BCUT2D eigenvalue weighted by atomic mass is 10.0. The van der Waals surface area contributed by atoms with Crippen LogP contribution in [0.15, 0.2) is 0 Å². The molecule has 1 rings (SSSR count). The van der Waals surface area contributed by atoms with Crippen LogP contribution in [0.1, 0.15) is 33.6 Å². The van der Waals surface area contributed by atoms with Gasteiger partial charge in [-0.2, -0.15) is 0 Å². The smallest absolute Gasteiger partial charge is 0.410 e. The second-order valence-corrected chi connectivity index (χ2v) is 5.93. The minimum absolute atomic E-state index is 0.152. The largest absolute Gasteiger partial charge is 0.444 e. The van der Waals surface area contributed by atoms with Crippen molar-refractivity contribution in [2.24, 2.45) is 0 Å². The summed E-state index contributed by atoms with van der Waals surface area (Å²) in [5.74, 6) is 0. The van der Waals surface area contributed by atoms with Crippen molar-refractivity contribution in [1.82, 2.24) is 9.80 Å². The summed E-state index contributed by atoms with van der Waals surface area (Å²) in [6.45, 7) is 7.88. The monoisotopic (exact) mass is 258 g/mol. The first-order chi connectivity index (χ1) is 8.33. The van der Waals surface area contributed by atoms with Crippen LogP contribution in [0.4, 0.5) is 4.79 Å². The zero-order valence-electron chi connectivity index (χ0n) is 12.0. The molecule has 0 aromatic rings. The van der Waals surface area contributed by atoms with Gasteiger partial charge in [-0.15, -0.1) is 0 Å². The summed E-state index contributed by atoms with van der Waals surface area (Å²) >= 11 is 0. The predicted octanol–water partition coefficient (Wildman–Crippen LogP) is 1.31. The fourth-order valence-corrected chi connectivity index (χ4v) is 2.15. The second-order valence-electron chi connectivity index (χ2n) is 5.93. The molecule has 0 spiro atoms. The van der Waals surface area contributed by atoms with Gasteiger partial charge >= 0.3 is 6.09 Å². The van der Waals surface area contributed by atoms with Gasteiger partial charge in [0.15, 0.2) is 0 Å². The van der Waals surface area contributed by atoms with Crippen molar-refractivity contribution in [1.29, 1.82) is 0 Å². The van der Waals surface area contributed by atoms with Crippen LogP contribution >= 0.6 is 0 Å². The third-order valence-electron chi connectivity index (χ3n) is 3.12. The van der Waals surface area contributed by atoms with Crippen LogP contribution < -0.4 is 0 Å². The molecule has 1 unspecified atom stereocenters. The first-order valence-electron chi connectivity index (χ1n) is 6.62. The Balaban J connectivity index is 2.50. The number of hydrogen-bond donors (Lipinski definition) is 1. The Bertz CT molecular complexity index is 276. The highest BCUT2D eigenvalue weighted by Crippen LogP contribution is 2.17. The molecule has 1 atom stereocenters. The lowest BCUT2D eigenvalue weighted by Gasteiger charge is -2.37. The molecule has 18 heavy (non-hydrogen) atoms. The van der Waals surface area contributed by atoms with Crippen molar-refractivity contribution in [3.63, 3.8) is 0 Å². The standard InChI is InChI=1S/C13H26N2O3/c1-13(2,3)18-12(17)15-7-5-6-11(10-15)14(4)8-9-16/h11,16H,5-10H2,1-4H3. The Kier molecular flexibility index (Phi) is 5.41. The number of amides is 1. The van der Waals surface area contributed by atoms with Crippen LogP contribution in [0.25, 0.3) is 0 Å². The van der Waals surface area contributed by atoms with E-state index in [1.165, 1.54) is 0 Å². The molecule has 1 aliphatic heterocycles. The summed E-state index contributed by atoms with van der Waals surface area (Å²) in [7, 11) is 1.99. The lowest BCUT2D eigenvalue weighted by molar-refractivity contribution is 0.0117. The van der Waals surface area contributed by atoms with Crippen LogP contribution in [-0.2, 0) is 4.74 Å². The topological polar surface area (TPSA) is 53.0 Å². The van der Waals surface area contributed by atoms with Crippen LogP contribution in [0, 0.1) is 0 Å². The minimum atomic E-state index is -0.443. The minimum Gasteiger partial charge on any atom is -0.444 e. The zero-order valence-corrected chi connectivity index (χ0v) is 12.0. The molecule has 0 radical (unpaired) electrons. The number of likely N-dealkylation sites (N-methyl/N-ethyl adjacent to an activating group) is 1. The normalized spacial score (nSPS) is 21.2. The highest BCUT2D eigenvalue weighted by Gasteiger charge is 2.29. The highest BCUT2D eigenvalue weighted by molar-refractivity contribution is 5.68. The SMILES string of the molecule is CN(CCO)C1CCCN(C(=O)OC(C)(C)C)C1. The number of rotatable bonds is 3. The number of ether oxygens (including phenoxy) is 1. The maximum atomic E-state index is 12.0. The van der Waals surface area contributed by atoms with Gasteiger partial charge in [-0.1, -0.05) is 0 Å². The van der Waals surface area contributed by atoms with Gasteiger partial charge < -0.3 is 14.7 Å². The van der Waals surface area contributed by atoms with E-state index in [4.69, 9.17) is 9.84 Å². The van der Waals surface area contributed by atoms with Crippen LogP contribution in [-0.4, -0.2) is 65.9 Å². The van der Waals surface area contributed by atoms with E-state index in [1.807, 2.05) is 27.8 Å². The molecular weight excluding hydrogens is 232 g/mol. The quantitative estimate of drug-likeness (QED) is 0.829. The number of aliphatic hydroxyl groups excluding tert-OH is 1. The molecule has 5 nitrogen and oxygen atoms in total. The fourth-order valence-electron chi connectivity index (χ4n) is 2.15. The lowest BCUT2D eigenvalue weighted by Crippen LogP contribution is -2.50. The molecule has 106 valence electrons. The van der Waals surface area contributed by atoms with Crippen LogP contribution in [0.5, 0.6) is 0 Å². The van der Waals surface area contributed by atoms with E-state index in [-0.39, 0.29) is 12.7 Å². The number of aliphatic hydroxyl groups is 1. The van der Waals surface area contributed by atoms with Gasteiger partial charge in [0.1, 0.15) is 5.60 Å². The third kappa shape index (κ3) is 4.82. The van der Waals surface area contributed by atoms with Gasteiger partial charge in [0.05, 0.1) is 6.61 Å². The second kappa shape index (κ2) is 6.38. The van der Waals surface area contributed by atoms with E-state index in [9.17, 15) is 4.79 Å². The van der Waals surface area contributed by atoms with Gasteiger partial charge in [-0.25, -0.2) is 4.79 Å². The first-order valence-corrected chi connectivity index (χ1v) is 6.62. The predicted molar refractivity (Wildman–Crippen MR) is 70.5 cm³/mol. The molecule has 1 amide bonds. The molecule has 0 bridgehead atoms. The number of carbonyl (C=O) groups excluding carboxylic acids is 1. The van der Waals surface area contributed by atoms with E-state index in [2.05, 4.69) is 4.90 Å². The summed E-state index contributed by atoms with van der Waals surface area (Å²) in [5, 5.41) is 8.95. The van der Waals surface area contributed by atoms with Crippen molar-refractivity contribution in [3.8, 4) is 0 Å². The summed E-state index contributed by atoms with van der Waals surface area (Å²) in [6, 6.07) is 0.318. The average Bonchev–Trinajstić information content (AvgIpc) is 2.27. The maximum absolute atomic E-state index is 12.0. The van der Waals surface area contributed by atoms with E-state index < -0.39 is 5.60 Å². The Morgan fingerprint density at radius 3 is 2.72 bits per heavy atom. The van der Waals surface area contributed by atoms with Crippen molar-refractivity contribution in [2.75, 3.05) is 33.3 Å². The Labute approximate surface area is 110 Å². The molecule has 0 saturated carbocycles. The average molecular weight is 258 g/mol. The molecule has 0 aromatic carbocycles. The zero-order chi connectivity index (χ0) is 13.8. The summed E-state index contributed by atoms with van der Waals surface area (Å²) in [4.78, 5) is 15.9. The molecule has 1 aliphatic rings. The van der Waals surface area contributed by atoms with Gasteiger partial charge in [-0.05, 0) is 40.7 Å². The maximum Gasteiger partial charge on any atom is 0.410 e. The van der Waals surface area contributed by atoms with Gasteiger partial charge in [0, 0.05) is 25.7 Å². The Hall–Kier alpha value is -0.810. The highest BCUT2D eigenvalue weighted by atomic mass is 16.6. The van der Waals surface area contributed by atoms with E-state index in [0.29, 0.717) is 19.1 Å². The van der Waals surface area contributed by atoms with E-state index >= 15 is 0 Å².